The van der Waals surface area contributed by atoms with Crippen molar-refractivity contribution < 1.29 is 9.21 Å². The van der Waals surface area contributed by atoms with E-state index in [4.69, 9.17) is 14.4 Å². The van der Waals surface area contributed by atoms with E-state index in [1.165, 1.54) is 5.56 Å². The van der Waals surface area contributed by atoms with Crippen LogP contribution in [0.25, 0.3) is 0 Å². The summed E-state index contributed by atoms with van der Waals surface area (Å²) in [5.74, 6) is 2.30. The van der Waals surface area contributed by atoms with Gasteiger partial charge in [0.1, 0.15) is 11.6 Å². The maximum Gasteiger partial charge on any atom is 0.289 e. The zero-order valence-electron chi connectivity index (χ0n) is 15.1. The predicted octanol–water partition coefficient (Wildman–Crippen LogP) is 2.64. The summed E-state index contributed by atoms with van der Waals surface area (Å²) in [7, 11) is 0. The van der Waals surface area contributed by atoms with Crippen LogP contribution in [0.15, 0.2) is 35.0 Å². The molecule has 0 aromatic carbocycles. The molecule has 0 aliphatic carbocycles. The van der Waals surface area contributed by atoms with E-state index in [-0.39, 0.29) is 5.91 Å². The standard InChI is InChI=1S/C20H24N4O2/c1-2-18-21-16-9-13-24(20(25)17-7-6-14-26-17)12-8-15(16)19(22-18)23-10-4-3-5-11-23/h3-4,6-7,14H,2,5,8-13H2,1H3. The molecule has 26 heavy (non-hydrogen) atoms. The summed E-state index contributed by atoms with van der Waals surface area (Å²) in [4.78, 5) is 26.5. The van der Waals surface area contributed by atoms with E-state index in [1.807, 2.05) is 4.90 Å². The molecule has 0 saturated carbocycles. The molecule has 2 aliphatic heterocycles. The molecular formula is C20H24N4O2. The van der Waals surface area contributed by atoms with Gasteiger partial charge in [-0.1, -0.05) is 19.1 Å². The largest absolute Gasteiger partial charge is 0.459 e. The number of amides is 1. The van der Waals surface area contributed by atoms with Crippen LogP contribution in [-0.2, 0) is 19.3 Å². The highest BCUT2D eigenvalue weighted by molar-refractivity contribution is 5.91. The first-order valence-corrected chi connectivity index (χ1v) is 9.37. The van der Waals surface area contributed by atoms with Gasteiger partial charge >= 0.3 is 0 Å². The normalized spacial score (nSPS) is 17.1. The van der Waals surface area contributed by atoms with Gasteiger partial charge in [0.25, 0.3) is 5.91 Å². The number of fused-ring (bicyclic) bond motifs is 1. The molecule has 4 rings (SSSR count). The second kappa shape index (κ2) is 7.32. The fourth-order valence-electron chi connectivity index (χ4n) is 3.64. The highest BCUT2D eigenvalue weighted by atomic mass is 16.3. The summed E-state index contributed by atoms with van der Waals surface area (Å²) in [5.41, 5.74) is 2.29. The Labute approximate surface area is 153 Å². The second-order valence-electron chi connectivity index (χ2n) is 6.72. The molecule has 0 N–H and O–H groups in total. The zero-order chi connectivity index (χ0) is 17.9. The Morgan fingerprint density at radius 1 is 1.19 bits per heavy atom. The number of hydrogen-bond donors (Lipinski definition) is 0. The number of furan rings is 1. The average molecular weight is 352 g/mol. The first-order valence-electron chi connectivity index (χ1n) is 9.37. The predicted molar refractivity (Wildman–Crippen MR) is 99.4 cm³/mol. The van der Waals surface area contributed by atoms with E-state index < -0.39 is 0 Å². The monoisotopic (exact) mass is 352 g/mol. The number of rotatable bonds is 3. The van der Waals surface area contributed by atoms with E-state index in [2.05, 4.69) is 24.0 Å². The molecule has 6 heteroatoms. The lowest BCUT2D eigenvalue weighted by Gasteiger charge is -2.27. The van der Waals surface area contributed by atoms with Crippen molar-refractivity contribution in [3.8, 4) is 0 Å². The van der Waals surface area contributed by atoms with Crippen molar-refractivity contribution in [1.82, 2.24) is 14.9 Å². The summed E-state index contributed by atoms with van der Waals surface area (Å²) in [6.07, 6.45) is 9.37. The van der Waals surface area contributed by atoms with Crippen LogP contribution in [0.4, 0.5) is 5.82 Å². The van der Waals surface area contributed by atoms with Crippen molar-refractivity contribution in [2.45, 2.75) is 32.6 Å². The SMILES string of the molecule is CCc1nc2c(c(N3CC=CCC3)n1)CCN(C(=O)c1ccco1)CC2. The first-order chi connectivity index (χ1) is 12.8. The molecule has 0 spiro atoms. The van der Waals surface area contributed by atoms with Crippen LogP contribution in [0.3, 0.4) is 0 Å². The van der Waals surface area contributed by atoms with Crippen LogP contribution in [0.1, 0.15) is 41.0 Å². The topological polar surface area (TPSA) is 62.5 Å². The molecule has 0 radical (unpaired) electrons. The molecule has 0 atom stereocenters. The van der Waals surface area contributed by atoms with Crippen molar-refractivity contribution in [3.63, 3.8) is 0 Å². The van der Waals surface area contributed by atoms with Crippen LogP contribution in [0, 0.1) is 0 Å². The minimum Gasteiger partial charge on any atom is -0.459 e. The third-order valence-corrected chi connectivity index (χ3v) is 5.06. The fraction of sp³-hybridized carbons (Fsp3) is 0.450. The van der Waals surface area contributed by atoms with E-state index in [0.29, 0.717) is 18.8 Å². The molecule has 0 unspecified atom stereocenters. The minimum absolute atomic E-state index is 0.0473. The van der Waals surface area contributed by atoms with Crippen molar-refractivity contribution in [2.24, 2.45) is 0 Å². The summed E-state index contributed by atoms with van der Waals surface area (Å²) in [5, 5.41) is 0. The lowest BCUT2D eigenvalue weighted by molar-refractivity contribution is 0.0731. The number of aryl methyl sites for hydroxylation is 1. The summed E-state index contributed by atoms with van der Waals surface area (Å²) < 4.78 is 5.29. The highest BCUT2D eigenvalue weighted by Crippen LogP contribution is 2.26. The summed E-state index contributed by atoms with van der Waals surface area (Å²) >= 11 is 0. The maximum absolute atomic E-state index is 12.7. The van der Waals surface area contributed by atoms with Gasteiger partial charge in [-0.3, -0.25) is 4.79 Å². The van der Waals surface area contributed by atoms with Gasteiger partial charge in [0, 0.05) is 44.6 Å². The van der Waals surface area contributed by atoms with Crippen molar-refractivity contribution in [1.29, 1.82) is 0 Å². The summed E-state index contributed by atoms with van der Waals surface area (Å²) in [6, 6.07) is 3.47. The van der Waals surface area contributed by atoms with Crippen molar-refractivity contribution >= 4 is 11.7 Å². The molecule has 2 aliphatic rings. The van der Waals surface area contributed by atoms with Gasteiger partial charge < -0.3 is 14.2 Å². The average Bonchev–Trinajstić information content (AvgIpc) is 3.14. The van der Waals surface area contributed by atoms with Gasteiger partial charge in [-0.05, 0) is 25.0 Å². The molecule has 1 amide bonds. The van der Waals surface area contributed by atoms with E-state index in [0.717, 1.165) is 56.1 Å². The van der Waals surface area contributed by atoms with Crippen LogP contribution in [0.2, 0.25) is 0 Å². The quantitative estimate of drug-likeness (QED) is 0.795. The van der Waals surface area contributed by atoms with Crippen molar-refractivity contribution in [2.75, 3.05) is 31.1 Å². The number of anilines is 1. The Bertz CT molecular complexity index is 813. The van der Waals surface area contributed by atoms with Gasteiger partial charge in [-0.25, -0.2) is 9.97 Å². The number of hydrogen-bond acceptors (Lipinski definition) is 5. The number of carbonyl (C=O) groups is 1. The molecule has 2 aromatic heterocycles. The lowest BCUT2D eigenvalue weighted by Crippen LogP contribution is -2.33. The molecule has 6 nitrogen and oxygen atoms in total. The van der Waals surface area contributed by atoms with Gasteiger partial charge in [0.15, 0.2) is 5.76 Å². The summed E-state index contributed by atoms with van der Waals surface area (Å²) in [6.45, 7) is 5.29. The van der Waals surface area contributed by atoms with E-state index in [9.17, 15) is 4.79 Å². The molecule has 0 bridgehead atoms. The highest BCUT2D eigenvalue weighted by Gasteiger charge is 2.26. The smallest absolute Gasteiger partial charge is 0.289 e. The van der Waals surface area contributed by atoms with Crippen LogP contribution < -0.4 is 4.90 Å². The van der Waals surface area contributed by atoms with Crippen LogP contribution in [0.5, 0.6) is 0 Å². The Morgan fingerprint density at radius 3 is 2.81 bits per heavy atom. The van der Waals surface area contributed by atoms with Gasteiger partial charge in [-0.15, -0.1) is 0 Å². The molecular weight excluding hydrogens is 328 g/mol. The first kappa shape index (κ1) is 16.8. The lowest BCUT2D eigenvalue weighted by atomic mass is 10.1. The Hall–Kier alpha value is -2.63. The molecule has 0 saturated heterocycles. The number of nitrogens with zero attached hydrogens (tertiary/aromatic N) is 4. The maximum atomic E-state index is 12.7. The van der Waals surface area contributed by atoms with Gasteiger partial charge in [-0.2, -0.15) is 0 Å². The van der Waals surface area contributed by atoms with E-state index >= 15 is 0 Å². The minimum atomic E-state index is -0.0473. The van der Waals surface area contributed by atoms with Crippen LogP contribution >= 0.6 is 0 Å². The van der Waals surface area contributed by atoms with Gasteiger partial charge in [0.05, 0.1) is 12.0 Å². The Morgan fingerprint density at radius 2 is 2.08 bits per heavy atom. The fourth-order valence-corrected chi connectivity index (χ4v) is 3.64. The number of aromatic nitrogens is 2. The third kappa shape index (κ3) is 3.23. The molecule has 0 fully saturated rings. The van der Waals surface area contributed by atoms with E-state index in [1.54, 1.807) is 18.4 Å². The number of carbonyl (C=O) groups excluding carboxylic acids is 1. The zero-order valence-corrected chi connectivity index (χ0v) is 15.1. The molecule has 136 valence electrons. The Kier molecular flexibility index (Phi) is 4.73. The molecule has 2 aromatic rings. The van der Waals surface area contributed by atoms with Crippen LogP contribution in [-0.4, -0.2) is 47.0 Å². The molecule has 4 heterocycles. The second-order valence-corrected chi connectivity index (χ2v) is 6.72. The third-order valence-electron chi connectivity index (χ3n) is 5.06. The van der Waals surface area contributed by atoms with Gasteiger partial charge in [0.2, 0.25) is 0 Å². The Balaban J connectivity index is 1.62. The van der Waals surface area contributed by atoms with Crippen molar-refractivity contribution in [3.05, 3.63) is 53.4 Å².